The molecule has 0 saturated heterocycles. The third kappa shape index (κ3) is 2.44. The SMILES string of the molecule is CC1(C(=O)Nc2ccccc2Cl)CC(=O)N=C2C=CC=CN21. The molecule has 3 rings (SSSR count). The summed E-state index contributed by atoms with van der Waals surface area (Å²) in [5.74, 6) is -0.153. The predicted octanol–water partition coefficient (Wildman–Crippen LogP) is 2.75. The molecule has 1 aromatic rings. The highest BCUT2D eigenvalue weighted by Crippen LogP contribution is 2.30. The number of benzene rings is 1. The summed E-state index contributed by atoms with van der Waals surface area (Å²) in [6.07, 6.45) is 7.04. The number of hydrogen-bond acceptors (Lipinski definition) is 3. The van der Waals surface area contributed by atoms with E-state index in [2.05, 4.69) is 10.3 Å². The zero-order valence-electron chi connectivity index (χ0n) is 11.9. The van der Waals surface area contributed by atoms with Crippen LogP contribution in [0.4, 0.5) is 5.69 Å². The Morgan fingerprint density at radius 3 is 2.91 bits per heavy atom. The molecule has 22 heavy (non-hydrogen) atoms. The number of rotatable bonds is 2. The van der Waals surface area contributed by atoms with Crippen LogP contribution in [0.5, 0.6) is 0 Å². The van der Waals surface area contributed by atoms with E-state index in [0.29, 0.717) is 16.5 Å². The lowest BCUT2D eigenvalue weighted by Gasteiger charge is -2.41. The second kappa shape index (κ2) is 5.42. The van der Waals surface area contributed by atoms with Gasteiger partial charge in [0.2, 0.25) is 0 Å². The summed E-state index contributed by atoms with van der Waals surface area (Å²) in [5, 5.41) is 3.24. The average molecular weight is 316 g/mol. The van der Waals surface area contributed by atoms with Gasteiger partial charge in [0.05, 0.1) is 17.1 Å². The van der Waals surface area contributed by atoms with E-state index in [0.717, 1.165) is 0 Å². The highest BCUT2D eigenvalue weighted by Gasteiger charge is 2.45. The minimum atomic E-state index is -1.05. The summed E-state index contributed by atoms with van der Waals surface area (Å²) in [4.78, 5) is 30.3. The smallest absolute Gasteiger partial charge is 0.250 e. The number of carbonyl (C=O) groups is 2. The number of para-hydroxylation sites is 1. The number of allylic oxidation sites excluding steroid dienone is 2. The van der Waals surface area contributed by atoms with Crippen molar-refractivity contribution >= 4 is 34.9 Å². The van der Waals surface area contributed by atoms with E-state index in [1.54, 1.807) is 60.5 Å². The first kappa shape index (κ1) is 14.5. The van der Waals surface area contributed by atoms with Crippen LogP contribution in [0.2, 0.25) is 5.02 Å². The summed E-state index contributed by atoms with van der Waals surface area (Å²) in [6, 6.07) is 6.98. The number of nitrogens with zero attached hydrogens (tertiary/aromatic N) is 2. The Labute approximate surface area is 133 Å². The molecule has 2 aliphatic rings. The van der Waals surface area contributed by atoms with E-state index >= 15 is 0 Å². The lowest BCUT2D eigenvalue weighted by molar-refractivity contribution is -0.130. The molecular weight excluding hydrogens is 302 g/mol. The van der Waals surface area contributed by atoms with Gasteiger partial charge >= 0.3 is 0 Å². The Hall–Kier alpha value is -2.40. The number of fused-ring (bicyclic) bond motifs is 1. The van der Waals surface area contributed by atoms with E-state index in [4.69, 9.17) is 11.6 Å². The normalized spacial score (nSPS) is 23.1. The van der Waals surface area contributed by atoms with Gasteiger partial charge in [0.25, 0.3) is 11.8 Å². The Bertz CT molecular complexity index is 739. The second-order valence-corrected chi connectivity index (χ2v) is 5.73. The third-order valence-electron chi connectivity index (χ3n) is 3.72. The molecule has 0 aliphatic carbocycles. The van der Waals surface area contributed by atoms with Gasteiger partial charge in [-0.3, -0.25) is 9.59 Å². The Morgan fingerprint density at radius 2 is 2.14 bits per heavy atom. The van der Waals surface area contributed by atoms with Crippen molar-refractivity contribution in [3.63, 3.8) is 0 Å². The van der Waals surface area contributed by atoms with Crippen LogP contribution in [0.15, 0.2) is 53.7 Å². The molecule has 0 bridgehead atoms. The Balaban J connectivity index is 1.92. The van der Waals surface area contributed by atoms with Crippen molar-refractivity contribution in [2.45, 2.75) is 18.9 Å². The minimum absolute atomic E-state index is 0.00493. The molecule has 0 radical (unpaired) electrons. The van der Waals surface area contributed by atoms with E-state index in [1.807, 2.05) is 0 Å². The van der Waals surface area contributed by atoms with Crippen molar-refractivity contribution in [2.24, 2.45) is 4.99 Å². The molecule has 0 fully saturated rings. The van der Waals surface area contributed by atoms with Gasteiger partial charge in [0, 0.05) is 6.20 Å². The average Bonchev–Trinajstić information content (AvgIpc) is 2.49. The summed E-state index contributed by atoms with van der Waals surface area (Å²) < 4.78 is 0. The standard InChI is InChI=1S/C16H14ClN3O2/c1-16(15(22)18-12-7-3-2-6-11(12)17)10-14(21)19-13-8-4-5-9-20(13)16/h2-9H,10H2,1H3,(H,18,22). The molecule has 0 saturated carbocycles. The molecule has 2 amide bonds. The van der Waals surface area contributed by atoms with Crippen LogP contribution >= 0.6 is 11.6 Å². The fourth-order valence-corrected chi connectivity index (χ4v) is 2.68. The van der Waals surface area contributed by atoms with E-state index in [9.17, 15) is 9.59 Å². The highest BCUT2D eigenvalue weighted by atomic mass is 35.5. The van der Waals surface area contributed by atoms with Gasteiger partial charge < -0.3 is 10.2 Å². The van der Waals surface area contributed by atoms with Gasteiger partial charge in [-0.1, -0.05) is 29.8 Å². The number of hydrogen-bond donors (Lipinski definition) is 1. The van der Waals surface area contributed by atoms with Gasteiger partial charge in [-0.25, -0.2) is 0 Å². The number of anilines is 1. The van der Waals surface area contributed by atoms with Gasteiger partial charge in [-0.15, -0.1) is 0 Å². The first-order valence-corrected chi connectivity index (χ1v) is 7.20. The molecule has 6 heteroatoms. The molecule has 1 N–H and O–H groups in total. The van der Waals surface area contributed by atoms with Crippen molar-refractivity contribution in [1.82, 2.24) is 4.90 Å². The zero-order chi connectivity index (χ0) is 15.7. The maximum Gasteiger partial charge on any atom is 0.250 e. The van der Waals surface area contributed by atoms with Gasteiger partial charge in [-0.2, -0.15) is 4.99 Å². The molecule has 5 nitrogen and oxygen atoms in total. The third-order valence-corrected chi connectivity index (χ3v) is 4.05. The maximum atomic E-state index is 12.8. The maximum absolute atomic E-state index is 12.8. The minimum Gasteiger partial charge on any atom is -0.323 e. The summed E-state index contributed by atoms with van der Waals surface area (Å²) >= 11 is 6.07. The molecule has 1 aromatic carbocycles. The van der Waals surface area contributed by atoms with Crippen LogP contribution in [0.25, 0.3) is 0 Å². The van der Waals surface area contributed by atoms with Crippen molar-refractivity contribution in [3.05, 3.63) is 53.7 Å². The zero-order valence-corrected chi connectivity index (χ0v) is 12.7. The Kier molecular flexibility index (Phi) is 3.58. The van der Waals surface area contributed by atoms with Gasteiger partial charge in [0.1, 0.15) is 11.4 Å². The van der Waals surface area contributed by atoms with Crippen molar-refractivity contribution in [1.29, 1.82) is 0 Å². The van der Waals surface area contributed by atoms with E-state index in [1.165, 1.54) is 0 Å². The van der Waals surface area contributed by atoms with Gasteiger partial charge in [0.15, 0.2) is 0 Å². The highest BCUT2D eigenvalue weighted by molar-refractivity contribution is 6.33. The number of amides is 2. The van der Waals surface area contributed by atoms with Crippen molar-refractivity contribution in [3.8, 4) is 0 Å². The summed E-state index contributed by atoms with van der Waals surface area (Å²) in [7, 11) is 0. The van der Waals surface area contributed by atoms with Crippen LogP contribution in [-0.4, -0.2) is 28.1 Å². The number of nitrogens with one attached hydrogen (secondary N) is 1. The number of aliphatic imine (C=N–C) groups is 1. The lowest BCUT2D eigenvalue weighted by Crippen LogP contribution is -2.58. The lowest BCUT2D eigenvalue weighted by atomic mass is 9.91. The van der Waals surface area contributed by atoms with Crippen LogP contribution in [0.1, 0.15) is 13.3 Å². The van der Waals surface area contributed by atoms with E-state index in [-0.39, 0.29) is 18.2 Å². The summed E-state index contributed by atoms with van der Waals surface area (Å²) in [5.41, 5.74) is -0.530. The molecule has 0 spiro atoms. The van der Waals surface area contributed by atoms with E-state index < -0.39 is 5.54 Å². The Morgan fingerprint density at radius 1 is 1.36 bits per heavy atom. The molecule has 0 aromatic heterocycles. The van der Waals surface area contributed by atoms with Crippen LogP contribution < -0.4 is 5.32 Å². The van der Waals surface area contributed by atoms with Crippen molar-refractivity contribution in [2.75, 3.05) is 5.32 Å². The molecule has 112 valence electrons. The fraction of sp³-hybridized carbons (Fsp3) is 0.188. The van der Waals surface area contributed by atoms with Crippen molar-refractivity contribution < 1.29 is 9.59 Å². The molecular formula is C16H14ClN3O2. The van der Waals surface area contributed by atoms with Gasteiger partial charge in [-0.05, 0) is 31.2 Å². The number of carbonyl (C=O) groups excluding carboxylic acids is 2. The second-order valence-electron chi connectivity index (χ2n) is 5.32. The largest absolute Gasteiger partial charge is 0.323 e. The fourth-order valence-electron chi connectivity index (χ4n) is 2.50. The number of amidine groups is 1. The predicted molar refractivity (Wildman–Crippen MR) is 85.7 cm³/mol. The topological polar surface area (TPSA) is 61.8 Å². The first-order valence-electron chi connectivity index (χ1n) is 6.82. The molecule has 1 unspecified atom stereocenters. The summed E-state index contributed by atoms with van der Waals surface area (Å²) in [6.45, 7) is 1.72. The van der Waals surface area contributed by atoms with Crippen LogP contribution in [-0.2, 0) is 9.59 Å². The molecule has 2 heterocycles. The molecule has 1 atom stereocenters. The van der Waals surface area contributed by atoms with Crippen LogP contribution in [0.3, 0.4) is 0 Å². The van der Waals surface area contributed by atoms with Crippen LogP contribution in [0, 0.1) is 0 Å². The monoisotopic (exact) mass is 315 g/mol. The number of halogens is 1. The quantitative estimate of drug-likeness (QED) is 0.913. The molecule has 2 aliphatic heterocycles. The first-order chi connectivity index (χ1) is 10.5.